The number of carbonyl (C=O) groups excluding carboxylic acids is 1. The molecular weight excluding hydrogens is 404 g/mol. The number of methoxy groups -OCH3 is 1. The van der Waals surface area contributed by atoms with Gasteiger partial charge in [-0.2, -0.15) is 0 Å². The number of aromatic nitrogens is 1. The summed E-state index contributed by atoms with van der Waals surface area (Å²) in [6, 6.07) is 5.57. The summed E-state index contributed by atoms with van der Waals surface area (Å²) in [6.07, 6.45) is 0.526. The van der Waals surface area contributed by atoms with Crippen molar-refractivity contribution in [1.82, 2.24) is 10.3 Å². The van der Waals surface area contributed by atoms with E-state index in [2.05, 4.69) is 10.3 Å². The molecule has 2 rings (SSSR count). The molecule has 1 atom stereocenters. The highest BCUT2D eigenvalue weighted by molar-refractivity contribution is 7.11. The van der Waals surface area contributed by atoms with Crippen molar-refractivity contribution in [3.05, 3.63) is 44.9 Å². The molecule has 0 aliphatic carbocycles. The zero-order valence-corrected chi connectivity index (χ0v) is 19.0. The number of rotatable bonds is 11. The lowest BCUT2D eigenvalue weighted by molar-refractivity contribution is -0.153. The van der Waals surface area contributed by atoms with Crippen molar-refractivity contribution in [2.45, 2.75) is 59.2 Å². The third kappa shape index (κ3) is 6.53. The number of thiazole rings is 1. The van der Waals surface area contributed by atoms with Crippen molar-refractivity contribution in [2.24, 2.45) is 0 Å². The average molecular weight is 435 g/mol. The van der Waals surface area contributed by atoms with Gasteiger partial charge < -0.3 is 19.9 Å². The largest absolute Gasteiger partial charge is 0.496 e. The van der Waals surface area contributed by atoms with Crippen molar-refractivity contribution in [3.63, 3.8) is 0 Å². The van der Waals surface area contributed by atoms with Gasteiger partial charge in [0.15, 0.2) is 6.10 Å². The van der Waals surface area contributed by atoms with E-state index in [1.54, 1.807) is 18.4 Å². The van der Waals surface area contributed by atoms with E-state index in [-0.39, 0.29) is 18.4 Å². The maximum Gasteiger partial charge on any atom is 0.333 e. The van der Waals surface area contributed by atoms with Crippen LogP contribution in [0.15, 0.2) is 18.2 Å². The van der Waals surface area contributed by atoms with Gasteiger partial charge in [-0.3, -0.25) is 4.79 Å². The van der Waals surface area contributed by atoms with Crippen LogP contribution < -0.4 is 10.1 Å². The fourth-order valence-electron chi connectivity index (χ4n) is 3.10. The Morgan fingerprint density at radius 2 is 2.03 bits per heavy atom. The van der Waals surface area contributed by atoms with Crippen LogP contribution in [0.3, 0.4) is 0 Å². The Morgan fingerprint density at radius 3 is 2.60 bits per heavy atom. The van der Waals surface area contributed by atoms with Gasteiger partial charge in [0.1, 0.15) is 11.4 Å². The first-order valence-corrected chi connectivity index (χ1v) is 10.8. The Labute approximate surface area is 181 Å². The molecule has 7 nitrogen and oxygen atoms in total. The molecule has 8 heteroatoms. The van der Waals surface area contributed by atoms with Crippen LogP contribution in [0.25, 0.3) is 0 Å². The molecule has 1 aromatic heterocycles. The molecule has 2 N–H and O–H groups in total. The van der Waals surface area contributed by atoms with Gasteiger partial charge in [0.05, 0.1) is 18.2 Å². The molecule has 1 unspecified atom stereocenters. The molecular formula is C22H30N2O5S. The molecule has 0 aliphatic heterocycles. The standard InChI is InChI=1S/C22H30N2O5S/c1-6-19-24-20(14(4)30-19)21(25)23-10-9-16-11-15(7-8-17(16)28-5)12-18(22(26)27)29-13(2)3/h7-8,11,13,18H,6,9-10,12H2,1-5H3,(H,23,25)(H,26,27). The molecule has 1 amide bonds. The zero-order chi connectivity index (χ0) is 22.3. The lowest BCUT2D eigenvalue weighted by atomic mass is 10.0. The smallest absolute Gasteiger partial charge is 0.333 e. The second-order valence-electron chi connectivity index (χ2n) is 7.23. The number of carbonyl (C=O) groups is 2. The molecule has 2 aromatic rings. The highest BCUT2D eigenvalue weighted by Crippen LogP contribution is 2.22. The van der Waals surface area contributed by atoms with Crippen molar-refractivity contribution in [1.29, 1.82) is 0 Å². The van der Waals surface area contributed by atoms with E-state index in [1.807, 2.05) is 45.9 Å². The summed E-state index contributed by atoms with van der Waals surface area (Å²) in [5.74, 6) is -0.476. The molecule has 0 saturated heterocycles. The number of aliphatic carboxylic acids is 1. The maximum absolute atomic E-state index is 12.4. The number of carboxylic acid groups (broad SMARTS) is 1. The Balaban J connectivity index is 2.05. The number of carboxylic acids is 1. The summed E-state index contributed by atoms with van der Waals surface area (Å²) in [7, 11) is 1.59. The van der Waals surface area contributed by atoms with E-state index in [0.29, 0.717) is 24.4 Å². The van der Waals surface area contributed by atoms with Crippen LogP contribution in [-0.2, 0) is 28.8 Å². The predicted octanol–water partition coefficient (Wildman–Crippen LogP) is 3.42. The van der Waals surface area contributed by atoms with Crippen LogP contribution in [0, 0.1) is 6.92 Å². The van der Waals surface area contributed by atoms with E-state index < -0.39 is 12.1 Å². The highest BCUT2D eigenvalue weighted by Gasteiger charge is 2.21. The van der Waals surface area contributed by atoms with E-state index in [0.717, 1.165) is 27.4 Å². The number of benzene rings is 1. The number of nitrogens with one attached hydrogen (secondary N) is 1. The van der Waals surface area contributed by atoms with Gasteiger partial charge in [0.2, 0.25) is 0 Å². The van der Waals surface area contributed by atoms with Crippen LogP contribution in [-0.4, -0.2) is 47.8 Å². The lowest BCUT2D eigenvalue weighted by Crippen LogP contribution is -2.29. The maximum atomic E-state index is 12.4. The first-order valence-electron chi connectivity index (χ1n) is 10.0. The van der Waals surface area contributed by atoms with Gasteiger partial charge in [0.25, 0.3) is 5.91 Å². The van der Waals surface area contributed by atoms with Gasteiger partial charge in [-0.25, -0.2) is 9.78 Å². The summed E-state index contributed by atoms with van der Waals surface area (Å²) in [6.45, 7) is 7.95. The predicted molar refractivity (Wildman–Crippen MR) is 117 cm³/mol. The molecule has 164 valence electrons. The average Bonchev–Trinajstić information content (AvgIpc) is 3.08. The molecule has 0 spiro atoms. The van der Waals surface area contributed by atoms with Crippen LogP contribution in [0.4, 0.5) is 0 Å². The van der Waals surface area contributed by atoms with Crippen LogP contribution in [0.1, 0.15) is 52.3 Å². The quantitative estimate of drug-likeness (QED) is 0.562. The van der Waals surface area contributed by atoms with Gasteiger partial charge in [0, 0.05) is 17.8 Å². The summed E-state index contributed by atoms with van der Waals surface area (Å²) in [4.78, 5) is 29.2. The fourth-order valence-corrected chi connectivity index (χ4v) is 3.97. The van der Waals surface area contributed by atoms with Crippen molar-refractivity contribution in [3.8, 4) is 5.75 Å². The normalized spacial score (nSPS) is 12.1. The first-order chi connectivity index (χ1) is 14.2. The topological polar surface area (TPSA) is 97.8 Å². The number of ether oxygens (including phenoxy) is 2. The van der Waals surface area contributed by atoms with Gasteiger partial charge >= 0.3 is 5.97 Å². The van der Waals surface area contributed by atoms with E-state index in [9.17, 15) is 14.7 Å². The van der Waals surface area contributed by atoms with E-state index in [4.69, 9.17) is 9.47 Å². The van der Waals surface area contributed by atoms with Crippen LogP contribution in [0.2, 0.25) is 0 Å². The van der Waals surface area contributed by atoms with Crippen LogP contribution in [0.5, 0.6) is 5.75 Å². The number of hydrogen-bond donors (Lipinski definition) is 2. The van der Waals surface area contributed by atoms with Gasteiger partial charge in [-0.1, -0.05) is 19.1 Å². The van der Waals surface area contributed by atoms with E-state index >= 15 is 0 Å². The molecule has 0 bridgehead atoms. The van der Waals surface area contributed by atoms with Crippen LogP contribution >= 0.6 is 11.3 Å². The zero-order valence-electron chi connectivity index (χ0n) is 18.2. The monoisotopic (exact) mass is 434 g/mol. The Bertz CT molecular complexity index is 878. The second-order valence-corrected chi connectivity index (χ2v) is 8.52. The molecule has 0 saturated carbocycles. The molecule has 1 aromatic carbocycles. The fraction of sp³-hybridized carbons (Fsp3) is 0.500. The number of nitrogens with zero attached hydrogens (tertiary/aromatic N) is 1. The molecule has 0 radical (unpaired) electrons. The minimum atomic E-state index is -0.988. The second kappa shape index (κ2) is 11.1. The minimum Gasteiger partial charge on any atom is -0.496 e. The number of amides is 1. The summed E-state index contributed by atoms with van der Waals surface area (Å²) in [5.41, 5.74) is 2.22. The lowest BCUT2D eigenvalue weighted by Gasteiger charge is -2.17. The highest BCUT2D eigenvalue weighted by atomic mass is 32.1. The molecule has 0 fully saturated rings. The van der Waals surface area contributed by atoms with Crippen molar-refractivity contribution >= 4 is 23.2 Å². The molecule has 0 aliphatic rings. The van der Waals surface area contributed by atoms with Gasteiger partial charge in [-0.15, -0.1) is 11.3 Å². The van der Waals surface area contributed by atoms with Gasteiger partial charge in [-0.05, 0) is 50.8 Å². The number of aryl methyl sites for hydroxylation is 2. The Kier molecular flexibility index (Phi) is 8.80. The van der Waals surface area contributed by atoms with Crippen molar-refractivity contribution in [2.75, 3.05) is 13.7 Å². The molecule has 1 heterocycles. The summed E-state index contributed by atoms with van der Waals surface area (Å²) >= 11 is 1.54. The molecule has 30 heavy (non-hydrogen) atoms. The van der Waals surface area contributed by atoms with E-state index in [1.165, 1.54) is 0 Å². The number of hydrogen-bond acceptors (Lipinski definition) is 6. The SMILES string of the molecule is CCc1nc(C(=O)NCCc2cc(CC(OC(C)C)C(=O)O)ccc2OC)c(C)s1. The van der Waals surface area contributed by atoms with Crippen molar-refractivity contribution < 1.29 is 24.2 Å². The first kappa shape index (κ1) is 23.8. The Hall–Kier alpha value is -2.45. The third-order valence-corrected chi connectivity index (χ3v) is 5.63. The minimum absolute atomic E-state index is 0.179. The Morgan fingerprint density at radius 1 is 1.30 bits per heavy atom. The third-order valence-electron chi connectivity index (χ3n) is 4.52. The summed E-state index contributed by atoms with van der Waals surface area (Å²) in [5, 5.41) is 13.3. The summed E-state index contributed by atoms with van der Waals surface area (Å²) < 4.78 is 10.9.